The Hall–Kier alpha value is -0.773. The van der Waals surface area contributed by atoms with Crippen molar-refractivity contribution in [3.63, 3.8) is 0 Å². The molecule has 0 N–H and O–H groups in total. The standard InChI is InChI=1S/C19H37NO2Si/c1-14(2)20(15(3)4)19(21)22-18(23(6,7)8)17-13-11-9-10-12-16(17)5/h14-15,18H,9-13H2,1-8H3/t18-/m0/s1. The van der Waals surface area contributed by atoms with Gasteiger partial charge in [-0.3, -0.25) is 0 Å². The van der Waals surface area contributed by atoms with Crippen molar-refractivity contribution < 1.29 is 9.53 Å². The molecular formula is C19H37NO2Si. The molecule has 23 heavy (non-hydrogen) atoms. The van der Waals surface area contributed by atoms with E-state index < -0.39 is 8.07 Å². The molecule has 0 bridgehead atoms. The summed E-state index contributed by atoms with van der Waals surface area (Å²) in [5, 5.41) is 0. The van der Waals surface area contributed by atoms with Crippen molar-refractivity contribution in [1.82, 2.24) is 4.90 Å². The van der Waals surface area contributed by atoms with Gasteiger partial charge in [-0.1, -0.05) is 31.6 Å². The molecule has 1 rings (SSSR count). The van der Waals surface area contributed by atoms with Crippen LogP contribution in [0.25, 0.3) is 0 Å². The van der Waals surface area contributed by atoms with E-state index >= 15 is 0 Å². The van der Waals surface area contributed by atoms with E-state index in [1.54, 1.807) is 0 Å². The van der Waals surface area contributed by atoms with E-state index in [4.69, 9.17) is 4.74 Å². The molecule has 1 atom stereocenters. The van der Waals surface area contributed by atoms with E-state index in [-0.39, 0.29) is 23.9 Å². The quantitative estimate of drug-likeness (QED) is 0.470. The summed E-state index contributed by atoms with van der Waals surface area (Å²) in [5.41, 5.74) is 2.89. The fourth-order valence-electron chi connectivity index (χ4n) is 3.56. The van der Waals surface area contributed by atoms with Gasteiger partial charge in [0, 0.05) is 12.1 Å². The molecule has 1 aliphatic rings. The first kappa shape index (κ1) is 20.3. The third kappa shape index (κ3) is 5.66. The van der Waals surface area contributed by atoms with E-state index in [2.05, 4.69) is 54.3 Å². The Morgan fingerprint density at radius 2 is 1.52 bits per heavy atom. The zero-order valence-corrected chi connectivity index (χ0v) is 17.5. The first-order valence-electron chi connectivity index (χ1n) is 9.23. The minimum Gasteiger partial charge on any atom is -0.446 e. The number of carbonyl (C=O) groups is 1. The van der Waals surface area contributed by atoms with E-state index in [1.807, 2.05) is 4.90 Å². The third-order valence-corrected chi connectivity index (χ3v) is 6.73. The molecule has 0 spiro atoms. The molecule has 0 aromatic heterocycles. The van der Waals surface area contributed by atoms with Gasteiger partial charge in [0.2, 0.25) is 0 Å². The van der Waals surface area contributed by atoms with Crippen LogP contribution in [0.1, 0.15) is 66.7 Å². The monoisotopic (exact) mass is 339 g/mol. The highest BCUT2D eigenvalue weighted by Crippen LogP contribution is 2.32. The van der Waals surface area contributed by atoms with Crippen molar-refractivity contribution in [1.29, 1.82) is 0 Å². The fraction of sp³-hybridized carbons (Fsp3) is 0.842. The second kappa shape index (κ2) is 8.36. The average molecular weight is 340 g/mol. The summed E-state index contributed by atoms with van der Waals surface area (Å²) < 4.78 is 6.16. The third-order valence-electron chi connectivity index (χ3n) is 4.69. The molecule has 1 amide bonds. The molecule has 134 valence electrons. The first-order valence-corrected chi connectivity index (χ1v) is 12.8. The lowest BCUT2D eigenvalue weighted by molar-refractivity contribution is 0.0733. The number of amides is 1. The van der Waals surface area contributed by atoms with Crippen LogP contribution in [0.4, 0.5) is 4.79 Å². The van der Waals surface area contributed by atoms with Crippen molar-refractivity contribution in [2.45, 2.75) is 104 Å². The van der Waals surface area contributed by atoms with Crippen LogP contribution in [0.5, 0.6) is 0 Å². The molecule has 1 aliphatic carbocycles. The lowest BCUT2D eigenvalue weighted by Gasteiger charge is -2.36. The SMILES string of the molecule is CC1=C([C@@H](OC(=O)N(C(C)C)C(C)C)[Si](C)(C)C)CCCCC1. The van der Waals surface area contributed by atoms with Crippen LogP contribution < -0.4 is 0 Å². The molecular weight excluding hydrogens is 302 g/mol. The molecule has 3 nitrogen and oxygen atoms in total. The maximum atomic E-state index is 12.8. The lowest BCUT2D eigenvalue weighted by atomic mass is 10.1. The highest BCUT2D eigenvalue weighted by Gasteiger charge is 2.36. The molecule has 0 saturated heterocycles. The van der Waals surface area contributed by atoms with Crippen molar-refractivity contribution >= 4 is 14.2 Å². The summed E-state index contributed by atoms with van der Waals surface area (Å²) in [6.07, 6.45) is 5.89. The van der Waals surface area contributed by atoms with Gasteiger partial charge < -0.3 is 9.64 Å². The molecule has 0 fully saturated rings. The van der Waals surface area contributed by atoms with Crippen LogP contribution in [0, 0.1) is 0 Å². The maximum Gasteiger partial charge on any atom is 0.410 e. The number of rotatable bonds is 5. The Labute approximate surface area is 144 Å². The number of allylic oxidation sites excluding steroid dienone is 1. The summed E-state index contributed by atoms with van der Waals surface area (Å²) in [6, 6.07) is 0.322. The number of hydrogen-bond donors (Lipinski definition) is 0. The largest absolute Gasteiger partial charge is 0.446 e. The maximum absolute atomic E-state index is 12.8. The number of hydrogen-bond acceptors (Lipinski definition) is 2. The zero-order chi connectivity index (χ0) is 17.8. The minimum absolute atomic E-state index is 0.00750. The highest BCUT2D eigenvalue weighted by atomic mass is 28.3. The molecule has 0 saturated carbocycles. The summed E-state index contributed by atoms with van der Waals surface area (Å²) in [4.78, 5) is 14.7. The first-order chi connectivity index (χ1) is 10.6. The molecule has 0 heterocycles. The summed E-state index contributed by atoms with van der Waals surface area (Å²) in [6.45, 7) is 17.4. The smallest absolute Gasteiger partial charge is 0.410 e. The Kier molecular flexibility index (Phi) is 7.37. The Morgan fingerprint density at radius 3 is 2.00 bits per heavy atom. The van der Waals surface area contributed by atoms with E-state index in [1.165, 1.54) is 30.4 Å². The number of ether oxygens (including phenoxy) is 1. The van der Waals surface area contributed by atoms with E-state index in [0.29, 0.717) is 0 Å². The van der Waals surface area contributed by atoms with Crippen LogP contribution in [0.3, 0.4) is 0 Å². The molecule has 0 radical (unpaired) electrons. The van der Waals surface area contributed by atoms with Gasteiger partial charge in [-0.05, 0) is 65.9 Å². The van der Waals surface area contributed by atoms with Gasteiger partial charge >= 0.3 is 6.09 Å². The highest BCUT2D eigenvalue weighted by molar-refractivity contribution is 6.78. The molecule has 0 aliphatic heterocycles. The number of carbonyl (C=O) groups excluding carboxylic acids is 1. The summed E-state index contributed by atoms with van der Waals surface area (Å²) in [7, 11) is -1.64. The van der Waals surface area contributed by atoms with Gasteiger partial charge in [-0.2, -0.15) is 0 Å². The van der Waals surface area contributed by atoms with Gasteiger partial charge in [0.1, 0.15) is 5.73 Å². The van der Waals surface area contributed by atoms with Crippen LogP contribution in [0.15, 0.2) is 11.1 Å². The van der Waals surface area contributed by atoms with Gasteiger partial charge in [-0.25, -0.2) is 4.79 Å². The summed E-state index contributed by atoms with van der Waals surface area (Å²) in [5.74, 6) is 0. The second-order valence-corrected chi connectivity index (χ2v) is 13.8. The van der Waals surface area contributed by atoms with Crippen molar-refractivity contribution in [2.24, 2.45) is 0 Å². The predicted molar refractivity (Wildman–Crippen MR) is 102 cm³/mol. The van der Waals surface area contributed by atoms with Crippen molar-refractivity contribution in [2.75, 3.05) is 0 Å². The summed E-state index contributed by atoms with van der Waals surface area (Å²) >= 11 is 0. The zero-order valence-electron chi connectivity index (χ0n) is 16.5. The minimum atomic E-state index is -1.64. The lowest BCUT2D eigenvalue weighted by Crippen LogP contribution is -2.49. The van der Waals surface area contributed by atoms with Crippen LogP contribution >= 0.6 is 0 Å². The Bertz CT molecular complexity index is 427. The predicted octanol–water partition coefficient (Wildman–Crippen LogP) is 5.77. The van der Waals surface area contributed by atoms with E-state index in [0.717, 1.165) is 12.8 Å². The van der Waals surface area contributed by atoms with Gasteiger partial charge in [-0.15, -0.1) is 0 Å². The van der Waals surface area contributed by atoms with E-state index in [9.17, 15) is 4.79 Å². The number of nitrogens with zero attached hydrogens (tertiary/aromatic N) is 1. The molecule has 0 aromatic rings. The van der Waals surface area contributed by atoms with Crippen LogP contribution in [-0.2, 0) is 4.74 Å². The second-order valence-electron chi connectivity index (χ2n) is 8.59. The van der Waals surface area contributed by atoms with Crippen LogP contribution in [-0.4, -0.2) is 36.9 Å². The molecule has 0 unspecified atom stereocenters. The Morgan fingerprint density at radius 1 is 1.00 bits per heavy atom. The average Bonchev–Trinajstić information content (AvgIpc) is 2.58. The normalized spacial score (nSPS) is 18.2. The van der Waals surface area contributed by atoms with Gasteiger partial charge in [0.05, 0.1) is 8.07 Å². The topological polar surface area (TPSA) is 29.5 Å². The van der Waals surface area contributed by atoms with Gasteiger partial charge in [0.25, 0.3) is 0 Å². The fourth-order valence-corrected chi connectivity index (χ4v) is 5.45. The van der Waals surface area contributed by atoms with Crippen molar-refractivity contribution in [3.8, 4) is 0 Å². The van der Waals surface area contributed by atoms with Crippen LogP contribution in [0.2, 0.25) is 19.6 Å². The molecule has 4 heteroatoms. The Balaban J connectivity index is 3.06. The molecule has 0 aromatic carbocycles. The van der Waals surface area contributed by atoms with Gasteiger partial charge in [0.15, 0.2) is 0 Å². The van der Waals surface area contributed by atoms with Crippen molar-refractivity contribution in [3.05, 3.63) is 11.1 Å².